The number of carboxylic acid groups (broad SMARTS) is 1. The number of halogens is 1. The van der Waals surface area contributed by atoms with Gasteiger partial charge in [-0.1, -0.05) is 45.2 Å². The highest BCUT2D eigenvalue weighted by Crippen LogP contribution is 2.31. The Morgan fingerprint density at radius 1 is 1.19 bits per heavy atom. The van der Waals surface area contributed by atoms with Gasteiger partial charge >= 0.3 is 5.97 Å². The van der Waals surface area contributed by atoms with E-state index in [2.05, 4.69) is 10.6 Å². The molecule has 2 rings (SSSR count). The number of nitrogens with one attached hydrogen (secondary N) is 2. The Bertz CT molecular complexity index is 719. The summed E-state index contributed by atoms with van der Waals surface area (Å²) in [6.07, 6.45) is 2.63. The average Bonchev–Trinajstić information content (AvgIpc) is 2.97. The number of anilines is 1. The van der Waals surface area contributed by atoms with Crippen LogP contribution < -0.4 is 10.6 Å². The number of rotatable bonds is 5. The summed E-state index contributed by atoms with van der Waals surface area (Å²) in [5.74, 6) is -1.75. The van der Waals surface area contributed by atoms with Gasteiger partial charge in [-0.15, -0.1) is 0 Å². The second-order valence-electron chi connectivity index (χ2n) is 8.03. The van der Waals surface area contributed by atoms with Crippen LogP contribution in [0.5, 0.6) is 0 Å². The van der Waals surface area contributed by atoms with E-state index in [1.165, 1.54) is 12.1 Å². The first-order chi connectivity index (χ1) is 12.0. The molecule has 7 heteroatoms. The minimum absolute atomic E-state index is 0.146. The van der Waals surface area contributed by atoms with Crippen molar-refractivity contribution in [2.75, 3.05) is 5.32 Å². The molecule has 3 N–H and O–H groups in total. The van der Waals surface area contributed by atoms with Crippen molar-refractivity contribution in [3.63, 3.8) is 0 Å². The summed E-state index contributed by atoms with van der Waals surface area (Å²) in [7, 11) is 0. The van der Waals surface area contributed by atoms with Crippen LogP contribution in [-0.4, -0.2) is 28.4 Å². The summed E-state index contributed by atoms with van der Waals surface area (Å²) in [4.78, 5) is 36.3. The van der Waals surface area contributed by atoms with Crippen LogP contribution in [0.15, 0.2) is 18.2 Å². The van der Waals surface area contributed by atoms with E-state index in [1.807, 2.05) is 20.8 Å². The molecule has 0 atom stereocenters. The molecule has 0 aliphatic heterocycles. The molecule has 0 saturated heterocycles. The van der Waals surface area contributed by atoms with Crippen molar-refractivity contribution in [3.8, 4) is 0 Å². The van der Waals surface area contributed by atoms with Crippen LogP contribution in [0.1, 0.15) is 63.2 Å². The Morgan fingerprint density at radius 2 is 1.81 bits per heavy atom. The van der Waals surface area contributed by atoms with E-state index < -0.39 is 17.4 Å². The van der Waals surface area contributed by atoms with Gasteiger partial charge in [-0.2, -0.15) is 0 Å². The average molecular weight is 381 g/mol. The van der Waals surface area contributed by atoms with Crippen LogP contribution >= 0.6 is 11.6 Å². The predicted octanol–water partition coefficient (Wildman–Crippen LogP) is 3.84. The van der Waals surface area contributed by atoms with Gasteiger partial charge in [-0.25, -0.2) is 4.79 Å². The van der Waals surface area contributed by atoms with Crippen molar-refractivity contribution >= 4 is 35.1 Å². The predicted molar refractivity (Wildman–Crippen MR) is 100 cm³/mol. The number of carbonyl (C=O) groups excluding carboxylic acids is 2. The Kier molecular flexibility index (Phi) is 5.96. The van der Waals surface area contributed by atoms with Crippen LogP contribution in [0, 0.1) is 5.41 Å². The van der Waals surface area contributed by atoms with Gasteiger partial charge in [0.05, 0.1) is 10.6 Å². The normalized spacial score (nSPS) is 16.2. The number of amides is 2. The van der Waals surface area contributed by atoms with Crippen molar-refractivity contribution in [1.82, 2.24) is 5.32 Å². The van der Waals surface area contributed by atoms with Gasteiger partial charge in [0.1, 0.15) is 5.54 Å². The van der Waals surface area contributed by atoms with E-state index in [0.717, 1.165) is 12.8 Å². The van der Waals surface area contributed by atoms with Crippen molar-refractivity contribution in [2.45, 2.75) is 58.4 Å². The van der Waals surface area contributed by atoms with Gasteiger partial charge in [-0.05, 0) is 36.5 Å². The van der Waals surface area contributed by atoms with Crippen molar-refractivity contribution in [1.29, 1.82) is 0 Å². The summed E-state index contributed by atoms with van der Waals surface area (Å²) in [6.45, 7) is 5.88. The fraction of sp³-hybridized carbons (Fsp3) is 0.526. The summed E-state index contributed by atoms with van der Waals surface area (Å²) >= 11 is 6.12. The SMILES string of the molecule is CC(C)(C)CC(=O)Nc1ccc(Cl)c(C(=O)NC2(C(=O)O)CCCC2)c1. The third kappa shape index (κ3) is 4.97. The topological polar surface area (TPSA) is 95.5 Å². The second kappa shape index (κ2) is 7.66. The zero-order chi connectivity index (χ0) is 19.5. The summed E-state index contributed by atoms with van der Waals surface area (Å²) in [6, 6.07) is 4.61. The first-order valence-electron chi connectivity index (χ1n) is 8.68. The molecule has 0 radical (unpaired) electrons. The molecular formula is C19H25ClN2O4. The largest absolute Gasteiger partial charge is 0.480 e. The first-order valence-corrected chi connectivity index (χ1v) is 9.06. The lowest BCUT2D eigenvalue weighted by atomic mass is 9.92. The van der Waals surface area contributed by atoms with Gasteiger partial charge in [0, 0.05) is 12.1 Å². The van der Waals surface area contributed by atoms with Gasteiger partial charge < -0.3 is 15.7 Å². The van der Waals surface area contributed by atoms with E-state index in [4.69, 9.17) is 11.6 Å². The van der Waals surface area contributed by atoms with Crippen molar-refractivity contribution in [2.24, 2.45) is 5.41 Å². The van der Waals surface area contributed by atoms with Crippen LogP contribution in [-0.2, 0) is 9.59 Å². The number of hydrogen-bond acceptors (Lipinski definition) is 3. The van der Waals surface area contributed by atoms with E-state index >= 15 is 0 Å². The van der Waals surface area contributed by atoms with Gasteiger partial charge in [-0.3, -0.25) is 9.59 Å². The van der Waals surface area contributed by atoms with Crippen LogP contribution in [0.4, 0.5) is 5.69 Å². The molecule has 6 nitrogen and oxygen atoms in total. The van der Waals surface area contributed by atoms with Gasteiger partial charge in [0.15, 0.2) is 0 Å². The zero-order valence-corrected chi connectivity index (χ0v) is 16.1. The Hall–Kier alpha value is -2.08. The number of aliphatic carboxylic acids is 1. The smallest absolute Gasteiger partial charge is 0.329 e. The van der Waals surface area contributed by atoms with E-state index in [9.17, 15) is 19.5 Å². The molecule has 1 aromatic rings. The zero-order valence-electron chi connectivity index (χ0n) is 15.3. The lowest BCUT2D eigenvalue weighted by Gasteiger charge is -2.25. The Labute approximate surface area is 158 Å². The third-order valence-corrected chi connectivity index (χ3v) is 4.73. The molecule has 0 spiro atoms. The number of hydrogen-bond donors (Lipinski definition) is 3. The summed E-state index contributed by atoms with van der Waals surface area (Å²) < 4.78 is 0. The quantitative estimate of drug-likeness (QED) is 0.723. The summed E-state index contributed by atoms with van der Waals surface area (Å²) in [5, 5.41) is 15.1. The molecule has 1 aliphatic rings. The minimum atomic E-state index is -1.24. The number of benzene rings is 1. The maximum atomic E-state index is 12.6. The molecule has 0 bridgehead atoms. The molecule has 1 fully saturated rings. The molecule has 0 aromatic heterocycles. The van der Waals surface area contributed by atoms with Crippen LogP contribution in [0.25, 0.3) is 0 Å². The molecule has 1 aromatic carbocycles. The fourth-order valence-corrected chi connectivity index (χ4v) is 3.32. The van der Waals surface area contributed by atoms with Crippen molar-refractivity contribution in [3.05, 3.63) is 28.8 Å². The molecule has 1 saturated carbocycles. The van der Waals surface area contributed by atoms with E-state index in [1.54, 1.807) is 6.07 Å². The Balaban J connectivity index is 2.17. The highest BCUT2D eigenvalue weighted by Gasteiger charge is 2.42. The fourth-order valence-electron chi connectivity index (χ4n) is 3.12. The molecule has 2 amide bonds. The lowest BCUT2D eigenvalue weighted by Crippen LogP contribution is -2.52. The third-order valence-electron chi connectivity index (χ3n) is 4.40. The lowest BCUT2D eigenvalue weighted by molar-refractivity contribution is -0.144. The molecule has 26 heavy (non-hydrogen) atoms. The summed E-state index contributed by atoms with van der Waals surface area (Å²) in [5.41, 5.74) is -0.809. The standard InChI is InChI=1S/C19H25ClN2O4/c1-18(2,3)11-15(23)21-12-6-7-14(20)13(10-12)16(24)22-19(17(25)26)8-4-5-9-19/h6-7,10H,4-5,8-9,11H2,1-3H3,(H,21,23)(H,22,24)(H,25,26). The minimum Gasteiger partial charge on any atom is -0.480 e. The maximum Gasteiger partial charge on any atom is 0.329 e. The van der Waals surface area contributed by atoms with Crippen molar-refractivity contribution < 1.29 is 19.5 Å². The van der Waals surface area contributed by atoms with Gasteiger partial charge in [0.25, 0.3) is 5.91 Å². The van der Waals surface area contributed by atoms with Crippen LogP contribution in [0.3, 0.4) is 0 Å². The first kappa shape index (κ1) is 20.2. The second-order valence-corrected chi connectivity index (χ2v) is 8.44. The Morgan fingerprint density at radius 3 is 2.35 bits per heavy atom. The van der Waals surface area contributed by atoms with E-state index in [0.29, 0.717) is 24.9 Å². The molecule has 0 heterocycles. The van der Waals surface area contributed by atoms with Crippen LogP contribution in [0.2, 0.25) is 5.02 Å². The maximum absolute atomic E-state index is 12.6. The highest BCUT2D eigenvalue weighted by molar-refractivity contribution is 6.34. The monoisotopic (exact) mass is 380 g/mol. The molecule has 142 valence electrons. The van der Waals surface area contributed by atoms with Gasteiger partial charge in [0.2, 0.25) is 5.91 Å². The van der Waals surface area contributed by atoms with E-state index in [-0.39, 0.29) is 21.9 Å². The molecule has 1 aliphatic carbocycles. The number of carboxylic acids is 1. The number of carbonyl (C=O) groups is 3. The molecular weight excluding hydrogens is 356 g/mol. The molecule has 0 unspecified atom stereocenters. The highest BCUT2D eigenvalue weighted by atomic mass is 35.5.